The van der Waals surface area contributed by atoms with Gasteiger partial charge in [0.2, 0.25) is 0 Å². The highest BCUT2D eigenvalue weighted by Crippen LogP contribution is 2.39. The molecule has 0 N–H and O–H groups in total. The van der Waals surface area contributed by atoms with Gasteiger partial charge >= 0.3 is 23.9 Å². The number of carbonyl (C=O) groups excluding carboxylic acids is 4. The largest absolute Gasteiger partial charge is 0.382 e. The number of hydrogen-bond acceptors (Lipinski definition) is 8. The third kappa shape index (κ3) is 23.3. The summed E-state index contributed by atoms with van der Waals surface area (Å²) < 4.78 is 0. The number of carbonyl (C=O) groups is 4. The SMILES string of the molecule is CCCC=CCCCCCC(=O)OOC(=O)C(CCCCCC)C1CCC(CCCCCC)C=C1C(=O)OOC(=O)CCC=CCCCCCC. The quantitative estimate of drug-likeness (QED) is 0.0326. The molecule has 0 saturated carbocycles. The van der Waals surface area contributed by atoms with E-state index in [1.54, 1.807) is 0 Å². The molecule has 8 heteroatoms. The fourth-order valence-electron chi connectivity index (χ4n) is 6.58. The van der Waals surface area contributed by atoms with Crippen LogP contribution in [0.3, 0.4) is 0 Å². The predicted octanol–water partition coefficient (Wildman–Crippen LogP) is 12.1. The van der Waals surface area contributed by atoms with Crippen molar-refractivity contribution >= 4 is 23.9 Å². The zero-order chi connectivity index (χ0) is 37.4. The molecule has 0 aliphatic heterocycles. The van der Waals surface area contributed by atoms with Gasteiger partial charge in [-0.1, -0.05) is 142 Å². The maximum atomic E-state index is 13.5. The van der Waals surface area contributed by atoms with Crippen molar-refractivity contribution < 1.29 is 38.7 Å². The van der Waals surface area contributed by atoms with E-state index < -0.39 is 35.7 Å². The van der Waals surface area contributed by atoms with Crippen LogP contribution in [0.5, 0.6) is 0 Å². The second-order valence-electron chi connectivity index (χ2n) is 14.3. The fraction of sp³-hybridized carbons (Fsp3) is 0.767. The minimum atomic E-state index is -0.744. The molecular weight excluding hydrogens is 644 g/mol. The fourth-order valence-corrected chi connectivity index (χ4v) is 6.58. The second-order valence-corrected chi connectivity index (χ2v) is 14.3. The van der Waals surface area contributed by atoms with Crippen LogP contribution in [0.2, 0.25) is 0 Å². The highest BCUT2D eigenvalue weighted by molar-refractivity contribution is 5.90. The van der Waals surface area contributed by atoms with E-state index >= 15 is 0 Å². The second kappa shape index (κ2) is 31.8. The molecule has 51 heavy (non-hydrogen) atoms. The third-order valence-corrected chi connectivity index (χ3v) is 9.69. The average Bonchev–Trinajstić information content (AvgIpc) is 3.13. The molecule has 0 radical (unpaired) electrons. The van der Waals surface area contributed by atoms with Crippen LogP contribution in [0.15, 0.2) is 36.0 Å². The Morgan fingerprint density at radius 1 is 0.588 bits per heavy atom. The van der Waals surface area contributed by atoms with Gasteiger partial charge in [-0.3, -0.25) is 0 Å². The minimum absolute atomic E-state index is 0.106. The van der Waals surface area contributed by atoms with Crippen LogP contribution in [0.1, 0.15) is 195 Å². The van der Waals surface area contributed by atoms with Crippen LogP contribution in [-0.4, -0.2) is 23.9 Å². The summed E-state index contributed by atoms with van der Waals surface area (Å²) >= 11 is 0. The first-order chi connectivity index (χ1) is 24.9. The van der Waals surface area contributed by atoms with Crippen LogP contribution in [0.4, 0.5) is 0 Å². The lowest BCUT2D eigenvalue weighted by molar-refractivity contribution is -0.264. The summed E-state index contributed by atoms with van der Waals surface area (Å²) in [5.74, 6) is -3.60. The lowest BCUT2D eigenvalue weighted by Gasteiger charge is -2.31. The minimum Gasteiger partial charge on any atom is -0.247 e. The predicted molar refractivity (Wildman–Crippen MR) is 204 cm³/mol. The molecule has 292 valence electrons. The summed E-state index contributed by atoms with van der Waals surface area (Å²) in [5, 5.41) is 0. The lowest BCUT2D eigenvalue weighted by Crippen LogP contribution is -2.33. The van der Waals surface area contributed by atoms with Gasteiger partial charge in [-0.25, -0.2) is 38.7 Å². The summed E-state index contributed by atoms with van der Waals surface area (Å²) in [7, 11) is 0. The van der Waals surface area contributed by atoms with Gasteiger partial charge in [-0.05, 0) is 76.5 Å². The van der Waals surface area contributed by atoms with Crippen molar-refractivity contribution in [2.75, 3.05) is 0 Å². The van der Waals surface area contributed by atoms with Crippen LogP contribution in [0.25, 0.3) is 0 Å². The van der Waals surface area contributed by atoms with Gasteiger partial charge in [0.15, 0.2) is 0 Å². The van der Waals surface area contributed by atoms with Gasteiger partial charge in [0, 0.05) is 11.5 Å². The van der Waals surface area contributed by atoms with Crippen LogP contribution >= 0.6 is 0 Å². The molecule has 3 unspecified atom stereocenters. The first-order valence-electron chi connectivity index (χ1n) is 20.7. The maximum Gasteiger partial charge on any atom is 0.382 e. The van der Waals surface area contributed by atoms with Crippen molar-refractivity contribution in [2.45, 2.75) is 195 Å². The Labute approximate surface area is 310 Å². The highest BCUT2D eigenvalue weighted by atomic mass is 17.2. The molecular formula is C43H72O8. The van der Waals surface area contributed by atoms with Crippen molar-refractivity contribution in [1.82, 2.24) is 0 Å². The molecule has 0 aromatic carbocycles. The molecule has 1 aliphatic rings. The van der Waals surface area contributed by atoms with E-state index in [-0.39, 0.29) is 18.8 Å². The molecule has 0 heterocycles. The number of allylic oxidation sites excluding steroid dienone is 5. The standard InChI is InChI=1S/C43H72O8/c1-5-9-13-17-19-21-23-27-31-40(44)48-50-42(46)38(30-26-16-12-8-4)37-34-33-36(29-25-15-11-7-3)35-39(37)43(47)51-49-41(45)32-28-24-22-20-18-14-10-6-2/h13,17,22,24,35-38H,5-12,14-16,18-21,23,25-34H2,1-4H3. The van der Waals surface area contributed by atoms with E-state index in [1.165, 1.54) is 25.7 Å². The van der Waals surface area contributed by atoms with E-state index in [4.69, 9.17) is 19.6 Å². The highest BCUT2D eigenvalue weighted by Gasteiger charge is 2.39. The zero-order valence-corrected chi connectivity index (χ0v) is 32.8. The van der Waals surface area contributed by atoms with Gasteiger partial charge in [-0.15, -0.1) is 0 Å². The molecule has 0 bridgehead atoms. The number of unbranched alkanes of at least 4 members (excludes halogenated alkanes) is 14. The Balaban J connectivity index is 2.90. The van der Waals surface area contributed by atoms with Gasteiger partial charge in [0.1, 0.15) is 0 Å². The average molecular weight is 717 g/mol. The Bertz CT molecular complexity index is 1030. The van der Waals surface area contributed by atoms with E-state index in [2.05, 4.69) is 45.9 Å². The number of hydrogen-bond donors (Lipinski definition) is 0. The van der Waals surface area contributed by atoms with Crippen LogP contribution < -0.4 is 0 Å². The molecule has 0 amide bonds. The van der Waals surface area contributed by atoms with Gasteiger partial charge < -0.3 is 0 Å². The topological polar surface area (TPSA) is 105 Å². The van der Waals surface area contributed by atoms with Crippen LogP contribution in [-0.2, 0) is 38.7 Å². The molecule has 0 fully saturated rings. The van der Waals surface area contributed by atoms with E-state index in [1.807, 2.05) is 12.2 Å². The molecule has 8 nitrogen and oxygen atoms in total. The summed E-state index contributed by atoms with van der Waals surface area (Å²) in [6, 6.07) is 0. The summed E-state index contributed by atoms with van der Waals surface area (Å²) in [5.41, 5.74) is 0.346. The molecule has 0 spiro atoms. The van der Waals surface area contributed by atoms with E-state index in [9.17, 15) is 19.2 Å². The van der Waals surface area contributed by atoms with Crippen molar-refractivity contribution in [3.63, 3.8) is 0 Å². The van der Waals surface area contributed by atoms with E-state index in [0.29, 0.717) is 31.3 Å². The third-order valence-electron chi connectivity index (χ3n) is 9.69. The molecule has 1 rings (SSSR count). The van der Waals surface area contributed by atoms with Gasteiger partial charge in [-0.2, -0.15) is 0 Å². The van der Waals surface area contributed by atoms with Crippen molar-refractivity contribution in [3.05, 3.63) is 36.0 Å². The summed E-state index contributed by atoms with van der Waals surface area (Å²) in [6.45, 7) is 8.64. The first kappa shape index (κ1) is 46.1. The molecule has 0 saturated heterocycles. The Morgan fingerprint density at radius 3 is 1.82 bits per heavy atom. The Hall–Kier alpha value is -2.90. The molecule has 0 aromatic rings. The Kier molecular flexibility index (Phi) is 28.8. The molecule has 1 aliphatic carbocycles. The van der Waals surface area contributed by atoms with Crippen molar-refractivity contribution in [2.24, 2.45) is 17.8 Å². The van der Waals surface area contributed by atoms with Crippen molar-refractivity contribution in [1.29, 1.82) is 0 Å². The molecule has 3 atom stereocenters. The van der Waals surface area contributed by atoms with Crippen LogP contribution in [0, 0.1) is 17.8 Å². The lowest BCUT2D eigenvalue weighted by atomic mass is 9.73. The van der Waals surface area contributed by atoms with E-state index in [0.717, 1.165) is 103 Å². The smallest absolute Gasteiger partial charge is 0.247 e. The Morgan fingerprint density at radius 2 is 1.16 bits per heavy atom. The van der Waals surface area contributed by atoms with Crippen molar-refractivity contribution in [3.8, 4) is 0 Å². The zero-order valence-electron chi connectivity index (χ0n) is 32.8. The monoisotopic (exact) mass is 717 g/mol. The maximum absolute atomic E-state index is 13.5. The summed E-state index contributed by atoms with van der Waals surface area (Å²) in [4.78, 5) is 72.2. The summed E-state index contributed by atoms with van der Waals surface area (Å²) in [6.07, 6.45) is 33.7. The normalized spacial score (nSPS) is 16.6. The van der Waals surface area contributed by atoms with Gasteiger partial charge in [0.05, 0.1) is 18.8 Å². The number of rotatable bonds is 29. The first-order valence-corrected chi connectivity index (χ1v) is 20.7. The van der Waals surface area contributed by atoms with Gasteiger partial charge in [0.25, 0.3) is 0 Å². The molecule has 0 aromatic heterocycles.